The summed E-state index contributed by atoms with van der Waals surface area (Å²) in [6, 6.07) is 10.1. The Morgan fingerprint density at radius 2 is 1.38 bits per heavy atom. The highest BCUT2D eigenvalue weighted by atomic mass is 33.1. The van der Waals surface area contributed by atoms with Crippen molar-refractivity contribution in [3.05, 3.63) is 102 Å². The number of nitrogens with one attached hydrogen (secondary N) is 8. The molecular formula is C50H67N11O11S2. The molecule has 8 amide bonds. The average Bonchev–Trinajstić information content (AvgIpc) is 3.76. The lowest BCUT2D eigenvalue weighted by Gasteiger charge is -2.36. The van der Waals surface area contributed by atoms with E-state index in [0.29, 0.717) is 11.1 Å². The Hall–Kier alpha value is -6.70. The van der Waals surface area contributed by atoms with Crippen LogP contribution in [0, 0.1) is 0 Å². The molecule has 0 aliphatic carbocycles. The zero-order valence-electron chi connectivity index (χ0n) is 41.5. The zero-order valence-corrected chi connectivity index (χ0v) is 43.1. The molecule has 4 aromatic rings. The van der Waals surface area contributed by atoms with Crippen LogP contribution in [0.1, 0.15) is 57.2 Å². The standard InChI is InChI=1S/C50H67N11O11S2/c1-26(62)39(42(53)65)59-49(72)41-50(3,4)74-73-25-38(58-43(66)33(52)21-28-11-6-5-7-12-28)47(70)56-36(22-29-16-18-31(64)19-17-29)45(68)57-37(23-30-24-54-34-14-9-8-13-32(30)34)46(69)55-35(15-10-20-51)44(67)60-40(27(2)63)48(71)61-41/h5-9,11-14,16-19,24,26-27,33,35-41,54,62-64H,10,15,20-23,25,51-52H2,1-4H3,(H2,53,65)(H,55,69)(H,56,70)(H,57,68)(H,58,66)(H,59,72)(H,60,67)(H,61,71)/t26-,27-,33-,35+,36+,37-,38+,39+,40+,41?/m1/s1. The molecule has 1 unspecified atom stereocenters. The first kappa shape index (κ1) is 58.2. The number of benzene rings is 3. The third-order valence-corrected chi connectivity index (χ3v) is 15.5. The maximum absolute atomic E-state index is 14.8. The number of aromatic hydroxyl groups is 1. The highest BCUT2D eigenvalue weighted by Crippen LogP contribution is 2.39. The van der Waals surface area contributed by atoms with Gasteiger partial charge >= 0.3 is 0 Å². The Bertz CT molecular complexity index is 2600. The van der Waals surface area contributed by atoms with Gasteiger partial charge in [0.25, 0.3) is 0 Å². The maximum Gasteiger partial charge on any atom is 0.245 e. The molecule has 0 radical (unpaired) electrons. The van der Waals surface area contributed by atoms with Crippen LogP contribution in [0.3, 0.4) is 0 Å². The van der Waals surface area contributed by atoms with Gasteiger partial charge in [-0.15, -0.1) is 0 Å². The lowest BCUT2D eigenvalue weighted by Crippen LogP contribution is -2.65. The lowest BCUT2D eigenvalue weighted by atomic mass is 9.99. The number of aromatic amines is 1. The molecule has 24 heteroatoms. The van der Waals surface area contributed by atoms with Crippen molar-refractivity contribution in [3.63, 3.8) is 0 Å². The Morgan fingerprint density at radius 3 is 2.01 bits per heavy atom. The molecule has 1 aliphatic heterocycles. The number of para-hydroxylation sites is 1. The Labute approximate surface area is 436 Å². The second-order valence-electron chi connectivity index (χ2n) is 18.7. The number of hydrogen-bond donors (Lipinski definition) is 14. The number of aliphatic hydroxyl groups excluding tert-OH is 2. The van der Waals surface area contributed by atoms with Crippen molar-refractivity contribution >= 4 is 79.7 Å². The first-order valence-electron chi connectivity index (χ1n) is 24.0. The molecule has 1 saturated heterocycles. The van der Waals surface area contributed by atoms with E-state index in [1.165, 1.54) is 52.0 Å². The van der Waals surface area contributed by atoms with E-state index in [9.17, 15) is 53.7 Å². The van der Waals surface area contributed by atoms with Crippen LogP contribution in [0.4, 0.5) is 0 Å². The van der Waals surface area contributed by atoms with Gasteiger partial charge in [0.05, 0.1) is 18.2 Å². The fourth-order valence-electron chi connectivity index (χ4n) is 8.05. The fourth-order valence-corrected chi connectivity index (χ4v) is 10.9. The number of hydrogen-bond acceptors (Lipinski definition) is 15. The van der Waals surface area contributed by atoms with E-state index in [0.717, 1.165) is 38.1 Å². The number of aliphatic hydroxyl groups is 2. The summed E-state index contributed by atoms with van der Waals surface area (Å²) in [6.45, 7) is 5.57. The number of phenols is 1. The smallest absolute Gasteiger partial charge is 0.245 e. The summed E-state index contributed by atoms with van der Waals surface area (Å²) >= 11 is 0. The van der Waals surface area contributed by atoms with Gasteiger partial charge < -0.3 is 74.7 Å². The molecule has 74 heavy (non-hydrogen) atoms. The van der Waals surface area contributed by atoms with Gasteiger partial charge in [-0.1, -0.05) is 82.3 Å². The lowest BCUT2D eigenvalue weighted by molar-refractivity contribution is -0.137. The van der Waals surface area contributed by atoms with Crippen LogP contribution in [0.15, 0.2) is 85.1 Å². The van der Waals surface area contributed by atoms with Crippen molar-refractivity contribution in [1.82, 2.24) is 42.2 Å². The molecule has 0 saturated carbocycles. The van der Waals surface area contributed by atoms with Gasteiger partial charge in [-0.2, -0.15) is 0 Å². The van der Waals surface area contributed by atoms with E-state index in [1.54, 1.807) is 42.6 Å². The van der Waals surface area contributed by atoms with Crippen molar-refractivity contribution < 1.29 is 53.7 Å². The number of fused-ring (bicyclic) bond motifs is 1. The highest BCUT2D eigenvalue weighted by Gasteiger charge is 2.43. The van der Waals surface area contributed by atoms with E-state index >= 15 is 0 Å². The molecule has 1 aliphatic rings. The molecule has 0 bridgehead atoms. The van der Waals surface area contributed by atoms with Crippen LogP contribution < -0.4 is 54.4 Å². The van der Waals surface area contributed by atoms with E-state index in [4.69, 9.17) is 17.2 Å². The number of nitrogens with two attached hydrogens (primary N) is 3. The molecule has 2 heterocycles. The Morgan fingerprint density at radius 1 is 0.770 bits per heavy atom. The molecule has 1 aromatic heterocycles. The third kappa shape index (κ3) is 16.4. The minimum Gasteiger partial charge on any atom is -0.508 e. The van der Waals surface area contributed by atoms with Crippen molar-refractivity contribution in [3.8, 4) is 5.75 Å². The number of carbonyl (C=O) groups is 8. The summed E-state index contributed by atoms with van der Waals surface area (Å²) in [7, 11) is 1.94. The van der Waals surface area contributed by atoms with Gasteiger partial charge in [-0.05, 0) is 88.4 Å². The number of aromatic nitrogens is 1. The van der Waals surface area contributed by atoms with Crippen LogP contribution in [-0.4, -0.2) is 145 Å². The van der Waals surface area contributed by atoms with Crippen LogP contribution in [-0.2, 0) is 57.6 Å². The number of rotatable bonds is 16. The number of H-pyrrole nitrogens is 1. The Balaban J connectivity index is 1.62. The minimum absolute atomic E-state index is 0.0658. The molecule has 0 spiro atoms. The summed E-state index contributed by atoms with van der Waals surface area (Å²) in [5.74, 6) is -7.70. The molecule has 22 nitrogen and oxygen atoms in total. The third-order valence-electron chi connectivity index (χ3n) is 12.2. The molecule has 10 atom stereocenters. The molecule has 17 N–H and O–H groups in total. The number of amides is 8. The van der Waals surface area contributed by atoms with Gasteiger partial charge in [0.15, 0.2) is 0 Å². The summed E-state index contributed by atoms with van der Waals surface area (Å²) in [6.07, 6.45) is -1.53. The first-order chi connectivity index (χ1) is 35.1. The molecule has 400 valence electrons. The SMILES string of the molecule is C[C@@H](O)[C@H](NC(=O)C1NC(=O)[C@H]([C@@H](C)O)NC(=O)[C@H](CCCN)NC(=O)[C@@H](Cc2c[nH]c3ccccc23)NC(=O)[C@H](Cc2ccc(O)cc2)NC(=O)[C@@H](NC(=O)[C@H](N)Cc2ccccc2)CSSC1(C)C)C(N)=O. The van der Waals surface area contributed by atoms with Gasteiger partial charge in [0.1, 0.15) is 48.0 Å². The van der Waals surface area contributed by atoms with Crippen molar-refractivity contribution in [2.24, 2.45) is 17.2 Å². The van der Waals surface area contributed by atoms with Crippen LogP contribution in [0.2, 0.25) is 0 Å². The minimum atomic E-state index is -1.76. The zero-order chi connectivity index (χ0) is 54.3. The maximum atomic E-state index is 14.8. The van der Waals surface area contributed by atoms with E-state index in [2.05, 4.69) is 42.2 Å². The van der Waals surface area contributed by atoms with Gasteiger partial charge in [-0.3, -0.25) is 38.4 Å². The van der Waals surface area contributed by atoms with E-state index < -0.39 is 113 Å². The van der Waals surface area contributed by atoms with Crippen molar-refractivity contribution in [1.29, 1.82) is 0 Å². The average molecular weight is 1060 g/mol. The summed E-state index contributed by atoms with van der Waals surface area (Å²) in [4.78, 5) is 116. The largest absolute Gasteiger partial charge is 0.508 e. The predicted octanol–water partition coefficient (Wildman–Crippen LogP) is -1.22. The van der Waals surface area contributed by atoms with Gasteiger partial charge in [-0.25, -0.2) is 0 Å². The second kappa shape index (κ2) is 27.0. The summed E-state index contributed by atoms with van der Waals surface area (Å²) in [5.41, 5.74) is 20.3. The van der Waals surface area contributed by atoms with Crippen LogP contribution >= 0.6 is 21.6 Å². The summed E-state index contributed by atoms with van der Waals surface area (Å²) in [5, 5.41) is 50.5. The second-order valence-corrected chi connectivity index (χ2v) is 21.7. The molecule has 3 aromatic carbocycles. The molecular weight excluding hydrogens is 995 g/mol. The number of primary amides is 1. The normalized spacial score (nSPS) is 23.1. The summed E-state index contributed by atoms with van der Waals surface area (Å²) < 4.78 is -1.42. The van der Waals surface area contributed by atoms with Crippen LogP contribution in [0.25, 0.3) is 10.9 Å². The topological polar surface area (TPSA) is 375 Å². The van der Waals surface area contributed by atoms with Crippen molar-refractivity contribution in [2.75, 3.05) is 12.3 Å². The molecule has 5 rings (SSSR count). The monoisotopic (exact) mass is 1060 g/mol. The van der Waals surface area contributed by atoms with Crippen molar-refractivity contribution in [2.45, 2.75) is 125 Å². The van der Waals surface area contributed by atoms with Crippen LogP contribution in [0.5, 0.6) is 5.75 Å². The predicted molar refractivity (Wildman–Crippen MR) is 280 cm³/mol. The quantitative estimate of drug-likeness (QED) is 0.0585. The number of phenolic OH excluding ortho intramolecular Hbond substituents is 1. The van der Waals surface area contributed by atoms with Gasteiger partial charge in [0.2, 0.25) is 47.3 Å². The molecule has 1 fully saturated rings. The highest BCUT2D eigenvalue weighted by molar-refractivity contribution is 8.77. The number of carbonyl (C=O) groups excluding carboxylic acids is 8. The van der Waals surface area contributed by atoms with E-state index in [-0.39, 0.29) is 50.2 Å². The fraction of sp³-hybridized carbons (Fsp3) is 0.440. The first-order valence-corrected chi connectivity index (χ1v) is 26.3. The Kier molecular flexibility index (Phi) is 21.2. The van der Waals surface area contributed by atoms with Gasteiger partial charge in [0, 0.05) is 40.4 Å². The van der Waals surface area contributed by atoms with E-state index in [1.807, 2.05) is 18.2 Å².